The van der Waals surface area contributed by atoms with Gasteiger partial charge in [0.1, 0.15) is 24.5 Å². The van der Waals surface area contributed by atoms with Crippen molar-refractivity contribution in [2.75, 3.05) is 24.7 Å². The number of benzene rings is 2. The van der Waals surface area contributed by atoms with Crippen LogP contribution in [0.4, 0.5) is 5.88 Å². The van der Waals surface area contributed by atoms with Gasteiger partial charge in [0.05, 0.1) is 6.54 Å². The molecule has 0 fully saturated rings. The van der Waals surface area contributed by atoms with Crippen molar-refractivity contribution in [1.82, 2.24) is 10.5 Å². The number of amides is 2. The molecule has 178 valence electrons. The van der Waals surface area contributed by atoms with Crippen LogP contribution >= 0.6 is 0 Å². The molecule has 9 heteroatoms. The van der Waals surface area contributed by atoms with Crippen molar-refractivity contribution in [1.29, 1.82) is 0 Å². The van der Waals surface area contributed by atoms with Crippen LogP contribution in [0.2, 0.25) is 0 Å². The molecule has 0 aliphatic heterocycles. The first-order chi connectivity index (χ1) is 17.1. The number of aromatic nitrogens is 1. The van der Waals surface area contributed by atoms with Gasteiger partial charge in [-0.25, -0.2) is 10.5 Å². The molecule has 2 N–H and O–H groups in total. The maximum absolute atomic E-state index is 13.0. The highest BCUT2D eigenvalue weighted by molar-refractivity contribution is 6.01. The van der Waals surface area contributed by atoms with Crippen molar-refractivity contribution in [3.8, 4) is 11.6 Å². The van der Waals surface area contributed by atoms with E-state index in [1.165, 1.54) is 23.1 Å². The first-order valence-corrected chi connectivity index (χ1v) is 10.8. The number of anilines is 1. The number of hydroxylamine groups is 1. The fourth-order valence-electron chi connectivity index (χ4n) is 3.26. The van der Waals surface area contributed by atoms with Crippen LogP contribution in [0.1, 0.15) is 10.4 Å². The van der Waals surface area contributed by atoms with E-state index in [-0.39, 0.29) is 31.2 Å². The van der Waals surface area contributed by atoms with E-state index in [0.717, 1.165) is 5.39 Å². The molecule has 2 aromatic heterocycles. The lowest BCUT2D eigenvalue weighted by Crippen LogP contribution is -2.33. The Morgan fingerprint density at radius 2 is 1.83 bits per heavy atom. The van der Waals surface area contributed by atoms with E-state index in [2.05, 4.69) is 4.98 Å². The van der Waals surface area contributed by atoms with Gasteiger partial charge in [-0.1, -0.05) is 24.3 Å². The number of para-hydroxylation sites is 1. The van der Waals surface area contributed by atoms with Gasteiger partial charge >= 0.3 is 0 Å². The summed E-state index contributed by atoms with van der Waals surface area (Å²) in [5, 5.41) is 9.59. The zero-order chi connectivity index (χ0) is 24.5. The number of nitrogens with zero attached hydrogens (tertiary/aromatic N) is 2. The van der Waals surface area contributed by atoms with Crippen LogP contribution in [0.5, 0.6) is 11.6 Å². The predicted molar refractivity (Wildman–Crippen MR) is 129 cm³/mol. The van der Waals surface area contributed by atoms with Gasteiger partial charge in [0.25, 0.3) is 11.8 Å². The van der Waals surface area contributed by atoms with Crippen LogP contribution in [-0.4, -0.2) is 41.8 Å². The highest BCUT2D eigenvalue weighted by atomic mass is 16.5. The average Bonchev–Trinajstić information content (AvgIpc) is 3.33. The van der Waals surface area contributed by atoms with Crippen LogP contribution in [0, 0.1) is 0 Å². The molecule has 0 aliphatic carbocycles. The third-order valence-corrected chi connectivity index (χ3v) is 4.97. The predicted octanol–water partition coefficient (Wildman–Crippen LogP) is 3.99. The summed E-state index contributed by atoms with van der Waals surface area (Å²) < 4.78 is 17.1. The van der Waals surface area contributed by atoms with Gasteiger partial charge in [-0.15, -0.1) is 0 Å². The fraction of sp³-hybridized carbons (Fsp3) is 0.115. The molecule has 0 saturated heterocycles. The lowest BCUT2D eigenvalue weighted by atomic mass is 10.2. The van der Waals surface area contributed by atoms with Crippen LogP contribution in [0.25, 0.3) is 11.0 Å². The summed E-state index contributed by atoms with van der Waals surface area (Å²) in [6.07, 6.45) is 4.65. The minimum absolute atomic E-state index is 0.173. The molecule has 2 aromatic carbocycles. The Bertz CT molecular complexity index is 1270. The van der Waals surface area contributed by atoms with E-state index in [0.29, 0.717) is 23.1 Å². The maximum atomic E-state index is 13.0. The molecule has 4 aromatic rings. The topological polar surface area (TPSA) is 114 Å². The number of pyridine rings is 1. The van der Waals surface area contributed by atoms with Crippen LogP contribution in [0.3, 0.4) is 0 Å². The molecule has 0 aliphatic rings. The number of ether oxygens (including phenoxy) is 2. The Morgan fingerprint density at radius 1 is 1.03 bits per heavy atom. The summed E-state index contributed by atoms with van der Waals surface area (Å²) in [4.78, 5) is 30.0. The second kappa shape index (κ2) is 11.5. The number of hydrogen-bond acceptors (Lipinski definition) is 7. The molecule has 2 amide bonds. The van der Waals surface area contributed by atoms with Crippen molar-refractivity contribution in [2.24, 2.45) is 0 Å². The van der Waals surface area contributed by atoms with Crippen LogP contribution < -0.4 is 19.9 Å². The second-order valence-electron chi connectivity index (χ2n) is 7.31. The third-order valence-electron chi connectivity index (χ3n) is 4.97. The van der Waals surface area contributed by atoms with E-state index in [4.69, 9.17) is 19.1 Å². The number of fused-ring (bicyclic) bond motifs is 1. The van der Waals surface area contributed by atoms with Gasteiger partial charge in [-0.2, -0.15) is 0 Å². The van der Waals surface area contributed by atoms with Crippen LogP contribution in [0.15, 0.2) is 95.6 Å². The molecule has 0 bridgehead atoms. The molecular weight excluding hydrogens is 450 g/mol. The summed E-state index contributed by atoms with van der Waals surface area (Å²) >= 11 is 0. The summed E-state index contributed by atoms with van der Waals surface area (Å²) in [7, 11) is 0. The molecule has 9 nitrogen and oxygen atoms in total. The quantitative estimate of drug-likeness (QED) is 0.203. The molecular formula is C26H23N3O6. The molecule has 0 unspecified atom stereocenters. The Kier molecular flexibility index (Phi) is 7.72. The Balaban J connectivity index is 1.42. The number of nitrogens with one attached hydrogen (secondary N) is 1. The number of carbonyl (C=O) groups is 2. The number of hydrogen-bond donors (Lipinski definition) is 2. The summed E-state index contributed by atoms with van der Waals surface area (Å²) in [5.41, 5.74) is 2.53. The van der Waals surface area contributed by atoms with Gasteiger partial charge in [-0.3, -0.25) is 19.7 Å². The summed E-state index contributed by atoms with van der Waals surface area (Å²) in [6.45, 7) is 0.566. The van der Waals surface area contributed by atoms with E-state index in [1.807, 2.05) is 30.3 Å². The van der Waals surface area contributed by atoms with E-state index in [1.54, 1.807) is 48.1 Å². The van der Waals surface area contributed by atoms with Crippen molar-refractivity contribution in [3.63, 3.8) is 0 Å². The maximum Gasteiger partial charge on any atom is 0.274 e. The lowest BCUT2D eigenvalue weighted by Gasteiger charge is -2.18. The highest BCUT2D eigenvalue weighted by Gasteiger charge is 2.18. The van der Waals surface area contributed by atoms with E-state index in [9.17, 15) is 9.59 Å². The number of carbonyl (C=O) groups excluding carboxylic acids is 2. The summed E-state index contributed by atoms with van der Waals surface area (Å²) in [5.74, 6) is 0.458. The molecule has 0 saturated carbocycles. The normalized spacial score (nSPS) is 10.9. The first kappa shape index (κ1) is 23.5. The van der Waals surface area contributed by atoms with Gasteiger partial charge in [0, 0.05) is 35.4 Å². The number of furan rings is 1. The van der Waals surface area contributed by atoms with Crippen molar-refractivity contribution in [2.45, 2.75) is 0 Å². The molecule has 0 spiro atoms. The monoisotopic (exact) mass is 473 g/mol. The first-order valence-electron chi connectivity index (χ1n) is 10.8. The molecule has 0 atom stereocenters. The zero-order valence-corrected chi connectivity index (χ0v) is 18.7. The standard InChI is InChI=1S/C26H23N3O6/c30-24(9-5-16-34-23-8-3-4-14-27-23)29(25-18-20-6-1-2-7-22(20)35-25)15-17-33-21-12-10-19(11-13-21)26(31)28-32/h1-14,18,32H,15-17H2,(H,28,31)/b9-5+. The summed E-state index contributed by atoms with van der Waals surface area (Å²) in [6, 6.07) is 20.9. The minimum atomic E-state index is -0.614. The fourth-order valence-corrected chi connectivity index (χ4v) is 3.26. The SMILES string of the molecule is O=C(NO)c1ccc(OCCN(C(=O)/C=C/COc2ccccn2)c2cc3ccccc3o2)cc1. The second-order valence-corrected chi connectivity index (χ2v) is 7.31. The largest absolute Gasteiger partial charge is 0.492 e. The minimum Gasteiger partial charge on any atom is -0.492 e. The van der Waals surface area contributed by atoms with Crippen LogP contribution in [-0.2, 0) is 4.79 Å². The molecule has 35 heavy (non-hydrogen) atoms. The third kappa shape index (κ3) is 6.24. The van der Waals surface area contributed by atoms with E-state index < -0.39 is 5.91 Å². The molecule has 4 rings (SSSR count). The average molecular weight is 473 g/mol. The zero-order valence-electron chi connectivity index (χ0n) is 18.7. The van der Waals surface area contributed by atoms with Gasteiger partial charge in [-0.05, 0) is 42.5 Å². The van der Waals surface area contributed by atoms with Gasteiger partial charge in [0.15, 0.2) is 0 Å². The van der Waals surface area contributed by atoms with Crippen molar-refractivity contribution < 1.29 is 28.7 Å². The van der Waals surface area contributed by atoms with Crippen molar-refractivity contribution in [3.05, 3.63) is 96.7 Å². The van der Waals surface area contributed by atoms with Gasteiger partial charge in [0.2, 0.25) is 11.8 Å². The van der Waals surface area contributed by atoms with Crippen molar-refractivity contribution >= 4 is 28.7 Å². The number of rotatable bonds is 10. The Morgan fingerprint density at radius 3 is 2.57 bits per heavy atom. The Hall–Kier alpha value is -4.63. The molecule has 2 heterocycles. The Labute approximate surface area is 201 Å². The smallest absolute Gasteiger partial charge is 0.274 e. The lowest BCUT2D eigenvalue weighted by molar-refractivity contribution is -0.114. The van der Waals surface area contributed by atoms with Gasteiger partial charge < -0.3 is 13.9 Å². The molecule has 0 radical (unpaired) electrons. The van der Waals surface area contributed by atoms with E-state index >= 15 is 0 Å². The highest BCUT2D eigenvalue weighted by Crippen LogP contribution is 2.26.